The number of hydrogen-bond donors (Lipinski definition) is 1. The van der Waals surface area contributed by atoms with Gasteiger partial charge in [0.2, 0.25) is 5.91 Å². The predicted molar refractivity (Wildman–Crippen MR) is 83.0 cm³/mol. The first-order valence-electron chi connectivity index (χ1n) is 6.85. The fourth-order valence-corrected chi connectivity index (χ4v) is 2.76. The summed E-state index contributed by atoms with van der Waals surface area (Å²) in [5.74, 6) is 0.200. The van der Waals surface area contributed by atoms with Gasteiger partial charge in [0.25, 0.3) is 0 Å². The topological polar surface area (TPSA) is 20.3 Å². The Bertz CT molecular complexity index is 621. The second-order valence-corrected chi connectivity index (χ2v) is 5.69. The Morgan fingerprint density at radius 2 is 1.75 bits per heavy atom. The third-order valence-corrected chi connectivity index (χ3v) is 4.07. The lowest BCUT2D eigenvalue weighted by molar-refractivity contribution is -0.131. The van der Waals surface area contributed by atoms with Gasteiger partial charge in [-0.1, -0.05) is 36.4 Å². The molecule has 0 radical (unpaired) electrons. The molecule has 0 saturated heterocycles. The van der Waals surface area contributed by atoms with Crippen molar-refractivity contribution in [3.63, 3.8) is 0 Å². The highest BCUT2D eigenvalue weighted by atomic mass is 32.1. The summed E-state index contributed by atoms with van der Waals surface area (Å²) in [5, 5.41) is 0. The molecule has 1 heterocycles. The first-order chi connectivity index (χ1) is 9.72. The molecule has 102 valence electrons. The van der Waals surface area contributed by atoms with Gasteiger partial charge in [0.05, 0.1) is 6.42 Å². The maximum atomic E-state index is 12.4. The lowest BCUT2D eigenvalue weighted by Crippen LogP contribution is -2.36. The van der Waals surface area contributed by atoms with E-state index in [4.69, 9.17) is 0 Å². The van der Waals surface area contributed by atoms with E-state index in [1.807, 2.05) is 35.2 Å². The molecule has 1 aliphatic rings. The zero-order valence-electron chi connectivity index (χ0n) is 11.2. The molecule has 0 bridgehead atoms. The van der Waals surface area contributed by atoms with Crippen LogP contribution in [0.25, 0.3) is 0 Å². The number of nitrogens with zero attached hydrogens (tertiary/aromatic N) is 1. The van der Waals surface area contributed by atoms with Crippen LogP contribution in [0.2, 0.25) is 0 Å². The molecular weight excluding hydrogens is 266 g/mol. The highest BCUT2D eigenvalue weighted by Crippen LogP contribution is 2.19. The van der Waals surface area contributed by atoms with Gasteiger partial charge in [-0.15, -0.1) is 12.6 Å². The van der Waals surface area contributed by atoms with Crippen LogP contribution in [-0.4, -0.2) is 17.4 Å². The summed E-state index contributed by atoms with van der Waals surface area (Å²) in [6.07, 6.45) is 1.42. The zero-order valence-corrected chi connectivity index (χ0v) is 12.1. The number of carbonyl (C=O) groups is 1. The lowest BCUT2D eigenvalue weighted by atomic mass is 9.99. The van der Waals surface area contributed by atoms with Crippen LogP contribution >= 0.6 is 12.6 Å². The van der Waals surface area contributed by atoms with Gasteiger partial charge in [-0.2, -0.15) is 0 Å². The Balaban J connectivity index is 1.68. The van der Waals surface area contributed by atoms with Crippen molar-refractivity contribution in [1.82, 2.24) is 4.90 Å². The van der Waals surface area contributed by atoms with Crippen LogP contribution in [0.1, 0.15) is 16.7 Å². The highest BCUT2D eigenvalue weighted by molar-refractivity contribution is 7.80. The highest BCUT2D eigenvalue weighted by Gasteiger charge is 2.20. The van der Waals surface area contributed by atoms with Crippen molar-refractivity contribution in [3.05, 3.63) is 65.2 Å². The van der Waals surface area contributed by atoms with Gasteiger partial charge in [0.15, 0.2) is 0 Å². The van der Waals surface area contributed by atoms with Gasteiger partial charge in [-0.05, 0) is 35.2 Å². The molecule has 2 aromatic rings. The normalized spacial score (nSPS) is 13.9. The minimum Gasteiger partial charge on any atom is -0.338 e. The molecule has 1 amide bonds. The molecule has 0 atom stereocenters. The molecular formula is C17H17NOS. The summed E-state index contributed by atoms with van der Waals surface area (Å²) in [6.45, 7) is 1.56. The molecule has 3 heteroatoms. The smallest absolute Gasteiger partial charge is 0.227 e. The number of hydrogen-bond acceptors (Lipinski definition) is 2. The fraction of sp³-hybridized carbons (Fsp3) is 0.235. The number of fused-ring (bicyclic) bond motifs is 1. The van der Waals surface area contributed by atoms with Crippen molar-refractivity contribution in [2.45, 2.75) is 24.3 Å². The fourth-order valence-electron chi connectivity index (χ4n) is 2.61. The number of amides is 1. The minimum atomic E-state index is 0.200. The summed E-state index contributed by atoms with van der Waals surface area (Å²) in [5.41, 5.74) is 3.69. The number of carbonyl (C=O) groups excluding carboxylic acids is 1. The van der Waals surface area contributed by atoms with Gasteiger partial charge >= 0.3 is 0 Å². The number of benzene rings is 2. The molecule has 20 heavy (non-hydrogen) atoms. The van der Waals surface area contributed by atoms with E-state index >= 15 is 0 Å². The summed E-state index contributed by atoms with van der Waals surface area (Å²) < 4.78 is 0. The molecule has 0 spiro atoms. The van der Waals surface area contributed by atoms with Crippen LogP contribution in [0.5, 0.6) is 0 Å². The molecule has 0 aromatic heterocycles. The zero-order chi connectivity index (χ0) is 13.9. The van der Waals surface area contributed by atoms with Crippen LogP contribution < -0.4 is 0 Å². The van der Waals surface area contributed by atoms with Crippen molar-refractivity contribution < 1.29 is 4.79 Å². The molecule has 0 aliphatic carbocycles. The predicted octanol–water partition coefficient (Wildman–Crippen LogP) is 3.10. The van der Waals surface area contributed by atoms with Gasteiger partial charge in [-0.3, -0.25) is 4.79 Å². The van der Waals surface area contributed by atoms with Gasteiger partial charge < -0.3 is 4.90 Å². The Hall–Kier alpha value is -1.74. The molecule has 0 N–H and O–H groups in total. The van der Waals surface area contributed by atoms with Crippen LogP contribution in [0.3, 0.4) is 0 Å². The monoisotopic (exact) mass is 283 g/mol. The van der Waals surface area contributed by atoms with E-state index < -0.39 is 0 Å². The van der Waals surface area contributed by atoms with E-state index in [-0.39, 0.29) is 5.91 Å². The van der Waals surface area contributed by atoms with Crippen molar-refractivity contribution >= 4 is 18.5 Å². The van der Waals surface area contributed by atoms with Crippen LogP contribution in [0.15, 0.2) is 53.4 Å². The first-order valence-corrected chi connectivity index (χ1v) is 7.29. The SMILES string of the molecule is O=C(Cc1ccc(S)cc1)N1CCc2ccccc2C1. The van der Waals surface area contributed by atoms with Gasteiger partial charge in [0.1, 0.15) is 0 Å². The van der Waals surface area contributed by atoms with Crippen molar-refractivity contribution in [1.29, 1.82) is 0 Å². The standard InChI is InChI=1S/C17H17NOS/c19-17(11-13-5-7-16(20)8-6-13)18-10-9-14-3-1-2-4-15(14)12-18/h1-8,20H,9-12H2. The maximum Gasteiger partial charge on any atom is 0.227 e. The van der Waals surface area contributed by atoms with Crippen LogP contribution in [-0.2, 0) is 24.2 Å². The van der Waals surface area contributed by atoms with E-state index in [1.165, 1.54) is 11.1 Å². The molecule has 3 rings (SSSR count). The number of rotatable bonds is 2. The Morgan fingerprint density at radius 1 is 1.05 bits per heavy atom. The van der Waals surface area contributed by atoms with Crippen molar-refractivity contribution in [2.75, 3.05) is 6.54 Å². The van der Waals surface area contributed by atoms with E-state index in [1.54, 1.807) is 0 Å². The van der Waals surface area contributed by atoms with Crippen LogP contribution in [0.4, 0.5) is 0 Å². The quantitative estimate of drug-likeness (QED) is 0.840. The van der Waals surface area contributed by atoms with E-state index in [2.05, 4.69) is 30.8 Å². The third-order valence-electron chi connectivity index (χ3n) is 3.78. The molecule has 0 unspecified atom stereocenters. The molecule has 2 nitrogen and oxygen atoms in total. The molecule has 1 aliphatic heterocycles. The molecule has 0 fully saturated rings. The third kappa shape index (κ3) is 2.88. The second kappa shape index (κ2) is 5.71. The Labute approximate surface area is 124 Å². The second-order valence-electron chi connectivity index (χ2n) is 5.18. The lowest BCUT2D eigenvalue weighted by Gasteiger charge is -2.29. The minimum absolute atomic E-state index is 0.200. The summed E-state index contributed by atoms with van der Waals surface area (Å²) in [7, 11) is 0. The largest absolute Gasteiger partial charge is 0.338 e. The summed E-state index contributed by atoms with van der Waals surface area (Å²) in [4.78, 5) is 15.2. The average molecular weight is 283 g/mol. The first kappa shape index (κ1) is 13.3. The van der Waals surface area contributed by atoms with Crippen molar-refractivity contribution in [2.24, 2.45) is 0 Å². The van der Waals surface area contributed by atoms with Gasteiger partial charge in [0, 0.05) is 18.0 Å². The van der Waals surface area contributed by atoms with E-state index in [9.17, 15) is 4.79 Å². The van der Waals surface area contributed by atoms with Crippen LogP contribution in [0, 0.1) is 0 Å². The Kier molecular flexibility index (Phi) is 3.79. The molecule has 2 aromatic carbocycles. The molecule has 0 saturated carbocycles. The van der Waals surface area contributed by atoms with Crippen molar-refractivity contribution in [3.8, 4) is 0 Å². The summed E-state index contributed by atoms with van der Waals surface area (Å²) >= 11 is 4.26. The van der Waals surface area contributed by atoms with E-state index in [0.717, 1.165) is 30.0 Å². The number of thiol groups is 1. The summed E-state index contributed by atoms with van der Waals surface area (Å²) in [6, 6.07) is 16.2. The maximum absolute atomic E-state index is 12.4. The van der Waals surface area contributed by atoms with Gasteiger partial charge in [-0.25, -0.2) is 0 Å². The van der Waals surface area contributed by atoms with E-state index in [0.29, 0.717) is 6.42 Å². The average Bonchev–Trinajstić information content (AvgIpc) is 2.49. The Morgan fingerprint density at radius 3 is 2.50 bits per heavy atom.